The molecule has 1 N–H and O–H groups in total. The third-order valence-electron chi connectivity index (χ3n) is 4.31. The lowest BCUT2D eigenvalue weighted by Crippen LogP contribution is -2.36. The Morgan fingerprint density at radius 1 is 1.39 bits per heavy atom. The second kappa shape index (κ2) is 9.36. The van der Waals surface area contributed by atoms with Crippen molar-refractivity contribution in [3.63, 3.8) is 0 Å². The summed E-state index contributed by atoms with van der Waals surface area (Å²) < 4.78 is 17.9. The molecule has 0 aliphatic rings. The van der Waals surface area contributed by atoms with Gasteiger partial charge in [-0.1, -0.05) is 17.7 Å². The van der Waals surface area contributed by atoms with Crippen LogP contribution in [-0.4, -0.2) is 36.8 Å². The molecule has 28 heavy (non-hydrogen) atoms. The molecule has 2 aromatic heterocycles. The summed E-state index contributed by atoms with van der Waals surface area (Å²) in [6.07, 6.45) is 9.30. The summed E-state index contributed by atoms with van der Waals surface area (Å²) >= 11 is 6.15. The summed E-state index contributed by atoms with van der Waals surface area (Å²) in [6.45, 7) is 3.86. The average molecular weight is 405 g/mol. The minimum Gasteiger partial charge on any atom is -0.337 e. The third-order valence-corrected chi connectivity index (χ3v) is 4.66. The number of anilines is 1. The zero-order valence-corrected chi connectivity index (χ0v) is 16.3. The van der Waals surface area contributed by atoms with Crippen molar-refractivity contribution in [1.82, 2.24) is 24.2 Å². The van der Waals surface area contributed by atoms with Crippen molar-refractivity contribution in [3.8, 4) is 0 Å². The number of halogens is 2. The van der Waals surface area contributed by atoms with Gasteiger partial charge in [0.2, 0.25) is 0 Å². The molecule has 0 fully saturated rings. The Kier molecular flexibility index (Phi) is 6.65. The van der Waals surface area contributed by atoms with Crippen molar-refractivity contribution < 1.29 is 9.18 Å². The number of hydrogen-bond donors (Lipinski definition) is 1. The number of hydrogen-bond acceptors (Lipinski definition) is 3. The number of rotatable bonds is 8. The first kappa shape index (κ1) is 19.9. The van der Waals surface area contributed by atoms with Gasteiger partial charge in [0, 0.05) is 48.8 Å². The minimum atomic E-state index is -0.432. The van der Waals surface area contributed by atoms with Crippen molar-refractivity contribution in [2.75, 3.05) is 11.9 Å². The molecule has 3 aromatic rings. The maximum Gasteiger partial charge on any atom is 0.322 e. The molecule has 0 aliphatic heterocycles. The van der Waals surface area contributed by atoms with E-state index in [0.717, 1.165) is 0 Å². The maximum absolute atomic E-state index is 14.2. The van der Waals surface area contributed by atoms with E-state index in [2.05, 4.69) is 15.4 Å². The quantitative estimate of drug-likeness (QED) is 0.616. The zero-order chi connectivity index (χ0) is 19.9. The lowest BCUT2D eigenvalue weighted by molar-refractivity contribution is 0.206. The van der Waals surface area contributed by atoms with Gasteiger partial charge in [-0.15, -0.1) is 0 Å². The molecule has 2 amide bonds. The Labute approximate surface area is 167 Å². The number of carbonyl (C=O) groups is 1. The van der Waals surface area contributed by atoms with Crippen molar-refractivity contribution in [3.05, 3.63) is 65.7 Å². The van der Waals surface area contributed by atoms with Crippen molar-refractivity contribution in [1.29, 1.82) is 0 Å². The van der Waals surface area contributed by atoms with E-state index >= 15 is 0 Å². The molecular formula is C19H22ClFN6O. The molecule has 0 unspecified atom stereocenters. The number of aryl methyl sites for hydroxylation is 2. The second-order valence-electron chi connectivity index (χ2n) is 6.29. The first-order valence-electron chi connectivity index (χ1n) is 9.04. The Balaban J connectivity index is 1.71. The summed E-state index contributed by atoms with van der Waals surface area (Å²) in [7, 11) is 0. The molecule has 0 bridgehead atoms. The standard InChI is InChI=1S/C19H22ClFN6O/c1-2-27-12-15(11-23-27)24-19(28)26(9-4-8-25-10-7-22-14-25)13-16-17(20)5-3-6-18(16)21/h3,5-7,10-12,14H,2,4,8-9,13H2,1H3,(H,24,28). The minimum absolute atomic E-state index is 0.0726. The van der Waals surface area contributed by atoms with Gasteiger partial charge in [-0.2, -0.15) is 5.10 Å². The molecule has 0 aliphatic carbocycles. The molecule has 0 spiro atoms. The van der Waals surface area contributed by atoms with Crippen LogP contribution in [0.1, 0.15) is 18.9 Å². The number of urea groups is 1. The van der Waals surface area contributed by atoms with Gasteiger partial charge in [-0.3, -0.25) is 4.68 Å². The number of amides is 2. The smallest absolute Gasteiger partial charge is 0.322 e. The van der Waals surface area contributed by atoms with Gasteiger partial charge in [0.05, 0.1) is 24.8 Å². The lowest BCUT2D eigenvalue weighted by atomic mass is 10.2. The Hall–Kier alpha value is -2.87. The number of aromatic nitrogens is 4. The predicted molar refractivity (Wildman–Crippen MR) is 106 cm³/mol. The summed E-state index contributed by atoms with van der Waals surface area (Å²) in [5.74, 6) is -0.432. The highest BCUT2D eigenvalue weighted by molar-refractivity contribution is 6.31. The van der Waals surface area contributed by atoms with Gasteiger partial charge in [-0.05, 0) is 25.5 Å². The van der Waals surface area contributed by atoms with E-state index in [4.69, 9.17) is 11.6 Å². The summed E-state index contributed by atoms with van der Waals surface area (Å²) in [5.41, 5.74) is 0.886. The largest absolute Gasteiger partial charge is 0.337 e. The van der Waals surface area contributed by atoms with E-state index in [9.17, 15) is 9.18 Å². The van der Waals surface area contributed by atoms with Crippen LogP contribution in [0.15, 0.2) is 49.3 Å². The van der Waals surface area contributed by atoms with Crippen molar-refractivity contribution >= 4 is 23.3 Å². The number of nitrogens with zero attached hydrogens (tertiary/aromatic N) is 5. The van der Waals surface area contributed by atoms with Crippen LogP contribution in [0, 0.1) is 5.82 Å². The molecule has 9 heteroatoms. The first-order chi connectivity index (χ1) is 13.6. The molecule has 0 radical (unpaired) electrons. The highest BCUT2D eigenvalue weighted by Crippen LogP contribution is 2.21. The van der Waals surface area contributed by atoms with Gasteiger partial charge in [0.15, 0.2) is 0 Å². The molecule has 7 nitrogen and oxygen atoms in total. The predicted octanol–water partition coefficient (Wildman–Crippen LogP) is 4.02. The van der Waals surface area contributed by atoms with Crippen LogP contribution in [0.2, 0.25) is 5.02 Å². The molecule has 3 rings (SSSR count). The molecule has 0 saturated carbocycles. The highest BCUT2D eigenvalue weighted by Gasteiger charge is 2.18. The normalized spacial score (nSPS) is 10.8. The van der Waals surface area contributed by atoms with Gasteiger partial charge in [0.1, 0.15) is 5.82 Å². The molecule has 0 atom stereocenters. The number of carbonyl (C=O) groups excluding carboxylic acids is 1. The van der Waals surface area contributed by atoms with Crippen LogP contribution in [-0.2, 0) is 19.6 Å². The van der Waals surface area contributed by atoms with E-state index in [0.29, 0.717) is 42.3 Å². The van der Waals surface area contributed by atoms with E-state index in [1.807, 2.05) is 17.7 Å². The Morgan fingerprint density at radius 3 is 2.93 bits per heavy atom. The fourth-order valence-electron chi connectivity index (χ4n) is 2.79. The fraction of sp³-hybridized carbons (Fsp3) is 0.316. The van der Waals surface area contributed by atoms with E-state index in [1.54, 1.807) is 46.6 Å². The van der Waals surface area contributed by atoms with E-state index < -0.39 is 5.82 Å². The van der Waals surface area contributed by atoms with E-state index in [-0.39, 0.29) is 12.6 Å². The van der Waals surface area contributed by atoms with Crippen LogP contribution >= 0.6 is 11.6 Å². The van der Waals surface area contributed by atoms with Gasteiger partial charge in [-0.25, -0.2) is 14.2 Å². The molecular weight excluding hydrogens is 383 g/mol. The monoisotopic (exact) mass is 404 g/mol. The summed E-state index contributed by atoms with van der Waals surface area (Å²) in [6, 6.07) is 4.17. The third kappa shape index (κ3) is 5.10. The van der Waals surface area contributed by atoms with Gasteiger partial charge < -0.3 is 14.8 Å². The Morgan fingerprint density at radius 2 is 2.25 bits per heavy atom. The van der Waals surface area contributed by atoms with Crippen LogP contribution in [0.25, 0.3) is 0 Å². The molecule has 0 saturated heterocycles. The average Bonchev–Trinajstić information content (AvgIpc) is 3.35. The van der Waals surface area contributed by atoms with Crippen molar-refractivity contribution in [2.24, 2.45) is 0 Å². The first-order valence-corrected chi connectivity index (χ1v) is 9.41. The van der Waals surface area contributed by atoms with Crippen molar-refractivity contribution in [2.45, 2.75) is 33.0 Å². The van der Waals surface area contributed by atoms with E-state index in [1.165, 1.54) is 6.07 Å². The zero-order valence-electron chi connectivity index (χ0n) is 15.6. The molecule has 1 aromatic carbocycles. The fourth-order valence-corrected chi connectivity index (χ4v) is 3.02. The SMILES string of the molecule is CCn1cc(NC(=O)N(CCCn2ccnc2)Cc2c(F)cccc2Cl)cn1. The van der Waals surface area contributed by atoms with Gasteiger partial charge in [0.25, 0.3) is 0 Å². The summed E-state index contributed by atoms with van der Waals surface area (Å²) in [5, 5.41) is 7.26. The molecule has 148 valence electrons. The molecule has 2 heterocycles. The number of nitrogens with one attached hydrogen (secondary N) is 1. The van der Waals surface area contributed by atoms with Gasteiger partial charge >= 0.3 is 6.03 Å². The van der Waals surface area contributed by atoms with Crippen LogP contribution in [0.5, 0.6) is 0 Å². The van der Waals surface area contributed by atoms with Crippen LogP contribution < -0.4 is 5.32 Å². The highest BCUT2D eigenvalue weighted by atomic mass is 35.5. The second-order valence-corrected chi connectivity index (χ2v) is 6.70. The topological polar surface area (TPSA) is 68.0 Å². The lowest BCUT2D eigenvalue weighted by Gasteiger charge is -2.24. The van der Waals surface area contributed by atoms with Crippen LogP contribution in [0.4, 0.5) is 14.9 Å². The summed E-state index contributed by atoms with van der Waals surface area (Å²) in [4.78, 5) is 18.4. The van der Waals surface area contributed by atoms with Crippen LogP contribution in [0.3, 0.4) is 0 Å². The maximum atomic E-state index is 14.2. The number of benzene rings is 1. The Bertz CT molecular complexity index is 891. The number of imidazole rings is 1.